The molecule has 0 saturated heterocycles. The van der Waals surface area contributed by atoms with Crippen molar-refractivity contribution in [3.8, 4) is 11.5 Å². The second kappa shape index (κ2) is 6.47. The number of aromatic hydroxyl groups is 1. The van der Waals surface area contributed by atoms with Crippen LogP contribution in [0.2, 0.25) is 0 Å². The van der Waals surface area contributed by atoms with Crippen molar-refractivity contribution in [2.24, 2.45) is 0 Å². The quantitative estimate of drug-likeness (QED) is 0.371. The number of rotatable bonds is 4. The zero-order valence-electron chi connectivity index (χ0n) is 13.2. The Morgan fingerprint density at radius 2 is 1.92 bits per heavy atom. The van der Waals surface area contributed by atoms with Gasteiger partial charge in [0.1, 0.15) is 22.7 Å². The molecule has 26 heavy (non-hydrogen) atoms. The molecule has 0 radical (unpaired) electrons. The molecule has 3 rings (SSSR count). The van der Waals surface area contributed by atoms with Crippen molar-refractivity contribution in [3.63, 3.8) is 0 Å². The highest BCUT2D eigenvalue weighted by molar-refractivity contribution is 5.86. The molecule has 0 aromatic heterocycles. The highest BCUT2D eigenvalue weighted by Crippen LogP contribution is 2.50. The molecular weight excluding hydrogens is 344 g/mol. The third kappa shape index (κ3) is 2.85. The second-order valence-electron chi connectivity index (χ2n) is 5.68. The number of carbonyl (C=O) groups excluding carboxylic acids is 1. The Kier molecular flexibility index (Phi) is 4.33. The number of phenolic OH excluding ortho intramolecular Hbond substituents is 1. The molecule has 1 atom stereocenters. The number of nitro benzene ring substituents is 1. The Morgan fingerprint density at radius 3 is 2.54 bits per heavy atom. The topological polar surface area (TPSA) is 142 Å². The number of hydroxylamine groups is 1. The molecule has 4 N–H and O–H groups in total. The first-order chi connectivity index (χ1) is 12.4. The molecular formula is C17H14N2O7. The minimum Gasteiger partial charge on any atom is -0.508 e. The predicted octanol–water partition coefficient (Wildman–Crippen LogP) is 1.82. The first kappa shape index (κ1) is 17.4. The SMILES string of the molecule is O=C(CC1(O)C(c2ccc(O)cc2)=COc2cccc([N+](=O)[O-])c21)NO. The highest BCUT2D eigenvalue weighted by atomic mass is 16.6. The maximum atomic E-state index is 11.8. The van der Waals surface area contributed by atoms with Crippen molar-refractivity contribution in [1.29, 1.82) is 0 Å². The lowest BCUT2D eigenvalue weighted by Gasteiger charge is -2.34. The lowest BCUT2D eigenvalue weighted by molar-refractivity contribution is -0.386. The molecule has 2 aromatic rings. The van der Waals surface area contributed by atoms with Crippen molar-refractivity contribution >= 4 is 17.2 Å². The fourth-order valence-corrected chi connectivity index (χ4v) is 2.94. The lowest BCUT2D eigenvalue weighted by atomic mass is 9.78. The standard InChI is InChI=1S/C17H14N2O7/c20-11-6-4-10(5-7-11)12-9-26-14-3-1-2-13(19(24)25)16(14)17(12,22)8-15(21)18-23/h1-7,9,20,22-23H,8H2,(H,18,21). The van der Waals surface area contributed by atoms with Gasteiger partial charge in [-0.05, 0) is 23.8 Å². The molecule has 1 heterocycles. The van der Waals surface area contributed by atoms with E-state index in [1.807, 2.05) is 0 Å². The van der Waals surface area contributed by atoms with Crippen LogP contribution in [0.5, 0.6) is 11.5 Å². The van der Waals surface area contributed by atoms with E-state index in [0.29, 0.717) is 5.56 Å². The largest absolute Gasteiger partial charge is 0.508 e. The van der Waals surface area contributed by atoms with Gasteiger partial charge < -0.3 is 14.9 Å². The third-order valence-electron chi connectivity index (χ3n) is 4.08. The Balaban J connectivity index is 2.23. The van der Waals surface area contributed by atoms with Crippen LogP contribution in [0.25, 0.3) is 5.57 Å². The van der Waals surface area contributed by atoms with Gasteiger partial charge in [-0.1, -0.05) is 18.2 Å². The van der Waals surface area contributed by atoms with E-state index in [1.165, 1.54) is 54.2 Å². The maximum Gasteiger partial charge on any atom is 0.279 e. The first-order valence-electron chi connectivity index (χ1n) is 7.46. The van der Waals surface area contributed by atoms with Gasteiger partial charge in [-0.15, -0.1) is 0 Å². The molecule has 1 amide bonds. The Bertz CT molecular complexity index is 908. The average Bonchev–Trinajstić information content (AvgIpc) is 2.62. The molecule has 0 saturated carbocycles. The van der Waals surface area contributed by atoms with Gasteiger partial charge in [-0.3, -0.25) is 20.1 Å². The van der Waals surface area contributed by atoms with Crippen molar-refractivity contribution in [3.05, 3.63) is 70.0 Å². The second-order valence-corrected chi connectivity index (χ2v) is 5.68. The predicted molar refractivity (Wildman–Crippen MR) is 88.3 cm³/mol. The van der Waals surface area contributed by atoms with Crippen molar-refractivity contribution in [2.75, 3.05) is 0 Å². The molecule has 2 aromatic carbocycles. The minimum absolute atomic E-state index is 0.0194. The van der Waals surface area contributed by atoms with Crippen molar-refractivity contribution in [2.45, 2.75) is 12.0 Å². The van der Waals surface area contributed by atoms with Crippen molar-refractivity contribution in [1.82, 2.24) is 5.48 Å². The zero-order chi connectivity index (χ0) is 18.9. The molecule has 1 aliphatic heterocycles. The monoisotopic (exact) mass is 358 g/mol. The number of benzene rings is 2. The Hall–Kier alpha value is -3.43. The number of phenols is 1. The van der Waals surface area contributed by atoms with E-state index in [1.54, 1.807) is 0 Å². The van der Waals surface area contributed by atoms with E-state index in [2.05, 4.69) is 0 Å². The molecule has 1 unspecified atom stereocenters. The number of fused-ring (bicyclic) bond motifs is 1. The molecule has 9 nitrogen and oxygen atoms in total. The normalized spacial score (nSPS) is 18.3. The summed E-state index contributed by atoms with van der Waals surface area (Å²) in [6.07, 6.45) is 0.501. The summed E-state index contributed by atoms with van der Waals surface area (Å²) in [5.41, 5.74) is -0.895. The lowest BCUT2D eigenvalue weighted by Crippen LogP contribution is -2.37. The number of aliphatic hydroxyl groups is 1. The van der Waals surface area contributed by atoms with E-state index in [-0.39, 0.29) is 22.6 Å². The third-order valence-corrected chi connectivity index (χ3v) is 4.08. The summed E-state index contributed by atoms with van der Waals surface area (Å²) in [6.45, 7) is 0. The summed E-state index contributed by atoms with van der Waals surface area (Å²) < 4.78 is 5.44. The summed E-state index contributed by atoms with van der Waals surface area (Å²) in [5, 5.41) is 41.1. The summed E-state index contributed by atoms with van der Waals surface area (Å²) in [7, 11) is 0. The summed E-state index contributed by atoms with van der Waals surface area (Å²) in [5.74, 6) is -0.938. The molecule has 0 aliphatic carbocycles. The van der Waals surface area contributed by atoms with Gasteiger partial charge in [0.2, 0.25) is 5.91 Å². The van der Waals surface area contributed by atoms with Crippen LogP contribution in [0.3, 0.4) is 0 Å². The fourth-order valence-electron chi connectivity index (χ4n) is 2.94. The van der Waals surface area contributed by atoms with E-state index in [0.717, 1.165) is 0 Å². The number of nitro groups is 1. The van der Waals surface area contributed by atoms with Gasteiger partial charge in [0.15, 0.2) is 0 Å². The van der Waals surface area contributed by atoms with Crippen LogP contribution in [-0.2, 0) is 10.4 Å². The number of nitrogens with one attached hydrogen (secondary N) is 1. The van der Waals surface area contributed by atoms with Gasteiger partial charge in [0, 0.05) is 11.6 Å². The minimum atomic E-state index is -2.14. The van der Waals surface area contributed by atoms with Crippen LogP contribution in [-0.4, -0.2) is 26.3 Å². The first-order valence-corrected chi connectivity index (χ1v) is 7.46. The Labute approximate surface area is 146 Å². The number of ether oxygens (including phenoxy) is 1. The molecule has 9 heteroatoms. The summed E-state index contributed by atoms with van der Waals surface area (Å²) in [4.78, 5) is 22.6. The molecule has 0 bridgehead atoms. The molecule has 0 fully saturated rings. The van der Waals surface area contributed by atoms with Crippen LogP contribution in [0.4, 0.5) is 5.69 Å². The van der Waals surface area contributed by atoms with E-state index < -0.39 is 28.5 Å². The van der Waals surface area contributed by atoms with Crippen LogP contribution >= 0.6 is 0 Å². The van der Waals surface area contributed by atoms with E-state index in [9.17, 15) is 25.1 Å². The van der Waals surface area contributed by atoms with Gasteiger partial charge >= 0.3 is 0 Å². The number of carbonyl (C=O) groups is 1. The number of hydrogen-bond acceptors (Lipinski definition) is 7. The van der Waals surface area contributed by atoms with Crippen molar-refractivity contribution < 1.29 is 29.9 Å². The number of amides is 1. The molecule has 1 aliphatic rings. The summed E-state index contributed by atoms with van der Waals surface area (Å²) in [6, 6.07) is 9.65. The van der Waals surface area contributed by atoms with Crippen LogP contribution < -0.4 is 10.2 Å². The Morgan fingerprint density at radius 1 is 1.23 bits per heavy atom. The van der Waals surface area contributed by atoms with Gasteiger partial charge in [0.05, 0.1) is 17.6 Å². The van der Waals surface area contributed by atoms with Gasteiger partial charge in [0.25, 0.3) is 5.69 Å². The van der Waals surface area contributed by atoms with E-state index in [4.69, 9.17) is 9.94 Å². The van der Waals surface area contributed by atoms with Crippen LogP contribution in [0, 0.1) is 10.1 Å². The van der Waals surface area contributed by atoms with Crippen LogP contribution in [0.1, 0.15) is 17.5 Å². The smallest absolute Gasteiger partial charge is 0.279 e. The number of hydrogen-bond donors (Lipinski definition) is 4. The number of nitrogens with zero attached hydrogens (tertiary/aromatic N) is 1. The zero-order valence-corrected chi connectivity index (χ0v) is 13.2. The molecule has 134 valence electrons. The van der Waals surface area contributed by atoms with E-state index >= 15 is 0 Å². The fraction of sp³-hybridized carbons (Fsp3) is 0.118. The maximum absolute atomic E-state index is 11.8. The highest BCUT2D eigenvalue weighted by Gasteiger charge is 2.46. The average molecular weight is 358 g/mol. The van der Waals surface area contributed by atoms with Gasteiger partial charge in [-0.25, -0.2) is 5.48 Å². The molecule has 0 spiro atoms. The summed E-state index contributed by atoms with van der Waals surface area (Å²) >= 11 is 0. The van der Waals surface area contributed by atoms with Crippen LogP contribution in [0.15, 0.2) is 48.7 Å². The van der Waals surface area contributed by atoms with Gasteiger partial charge in [-0.2, -0.15) is 0 Å².